The normalized spacial score (nSPS) is 11.8. The van der Waals surface area contributed by atoms with Crippen LogP contribution in [-0.2, 0) is 7.05 Å². The molecule has 0 spiro atoms. The molecule has 1 heterocycles. The summed E-state index contributed by atoms with van der Waals surface area (Å²) in [7, 11) is 1.90. The summed E-state index contributed by atoms with van der Waals surface area (Å²) in [6.07, 6.45) is 0. The Morgan fingerprint density at radius 2 is 1.78 bits per heavy atom. The van der Waals surface area contributed by atoms with Crippen molar-refractivity contribution in [1.82, 2.24) is 20.1 Å². The number of benzene rings is 2. The van der Waals surface area contributed by atoms with Crippen LogP contribution in [0.25, 0.3) is 0 Å². The molecule has 2 aromatic carbocycles. The smallest absolute Gasteiger partial charge is 0.251 e. The zero-order valence-electron chi connectivity index (χ0n) is 15.3. The second-order valence-electron chi connectivity index (χ2n) is 5.97. The molecule has 3 rings (SSSR count). The van der Waals surface area contributed by atoms with Crippen LogP contribution in [0.5, 0.6) is 5.75 Å². The van der Waals surface area contributed by atoms with Crippen molar-refractivity contribution in [3.05, 3.63) is 72.1 Å². The number of thioether (sulfide) groups is 1. The molecule has 0 aliphatic carbocycles. The van der Waals surface area contributed by atoms with E-state index in [4.69, 9.17) is 4.74 Å². The Morgan fingerprint density at radius 1 is 1.11 bits per heavy atom. The van der Waals surface area contributed by atoms with E-state index in [1.807, 2.05) is 67.1 Å². The minimum atomic E-state index is -0.245. The zero-order valence-corrected chi connectivity index (χ0v) is 16.1. The number of nitrogens with zero attached hydrogens (tertiary/aromatic N) is 3. The van der Waals surface area contributed by atoms with Gasteiger partial charge < -0.3 is 14.6 Å². The number of carbonyl (C=O) groups excluding carboxylic acids is 1. The molecule has 1 atom stereocenters. The molecule has 0 fully saturated rings. The lowest BCUT2D eigenvalue weighted by Gasteiger charge is -2.13. The Balaban J connectivity index is 1.52. The Hall–Kier alpha value is -2.80. The van der Waals surface area contributed by atoms with Crippen LogP contribution in [0.4, 0.5) is 0 Å². The molecule has 1 N–H and O–H groups in total. The fourth-order valence-corrected chi connectivity index (χ4v) is 3.31. The Labute approximate surface area is 163 Å². The maximum Gasteiger partial charge on any atom is 0.251 e. The molecule has 0 bridgehead atoms. The highest BCUT2D eigenvalue weighted by Crippen LogP contribution is 2.19. The first-order valence-electron chi connectivity index (χ1n) is 8.71. The van der Waals surface area contributed by atoms with Crippen LogP contribution in [0, 0.1) is 0 Å². The number of carbonyl (C=O) groups is 1. The van der Waals surface area contributed by atoms with E-state index < -0.39 is 0 Å². The van der Waals surface area contributed by atoms with Gasteiger partial charge in [0.1, 0.15) is 5.75 Å². The fraction of sp³-hybridized carbons (Fsp3) is 0.250. The summed E-state index contributed by atoms with van der Waals surface area (Å²) in [6.45, 7) is 2.48. The monoisotopic (exact) mass is 382 g/mol. The number of ether oxygens (including phenoxy) is 1. The van der Waals surface area contributed by atoms with Crippen molar-refractivity contribution in [2.75, 3.05) is 12.4 Å². The molecule has 1 amide bonds. The van der Waals surface area contributed by atoms with Crippen LogP contribution in [0.1, 0.15) is 29.1 Å². The number of nitrogens with one attached hydrogen (secondary N) is 1. The SMILES string of the molecule is CC(NC(=O)c1ccccc1)c1nnc(SCCOc2ccccc2)n1C. The molecule has 1 aromatic heterocycles. The minimum Gasteiger partial charge on any atom is -0.493 e. The second kappa shape index (κ2) is 9.23. The minimum absolute atomic E-state index is 0.128. The van der Waals surface area contributed by atoms with Crippen LogP contribution < -0.4 is 10.1 Å². The van der Waals surface area contributed by atoms with Crippen LogP contribution in [0.3, 0.4) is 0 Å². The third-order valence-corrected chi connectivity index (χ3v) is 4.95. The Kier molecular flexibility index (Phi) is 6.49. The van der Waals surface area contributed by atoms with Crippen LogP contribution in [-0.4, -0.2) is 33.0 Å². The van der Waals surface area contributed by atoms with Gasteiger partial charge in [-0.3, -0.25) is 4.79 Å². The molecule has 1 unspecified atom stereocenters. The third-order valence-electron chi connectivity index (χ3n) is 3.97. The fourth-order valence-electron chi connectivity index (χ4n) is 2.57. The van der Waals surface area contributed by atoms with Crippen molar-refractivity contribution >= 4 is 17.7 Å². The van der Waals surface area contributed by atoms with E-state index in [2.05, 4.69) is 15.5 Å². The second-order valence-corrected chi connectivity index (χ2v) is 7.03. The lowest BCUT2D eigenvalue weighted by atomic mass is 10.2. The molecule has 3 aromatic rings. The van der Waals surface area contributed by atoms with Gasteiger partial charge in [0.15, 0.2) is 11.0 Å². The number of hydrogen-bond acceptors (Lipinski definition) is 5. The Morgan fingerprint density at radius 3 is 2.48 bits per heavy atom. The van der Waals surface area contributed by atoms with Crippen LogP contribution >= 0.6 is 11.8 Å². The molecule has 0 aliphatic heterocycles. The molecule has 140 valence electrons. The maximum atomic E-state index is 12.3. The average Bonchev–Trinajstić information content (AvgIpc) is 3.07. The van der Waals surface area contributed by atoms with E-state index in [1.54, 1.807) is 23.9 Å². The van der Waals surface area contributed by atoms with Gasteiger partial charge in [-0.2, -0.15) is 0 Å². The van der Waals surface area contributed by atoms with Crippen molar-refractivity contribution < 1.29 is 9.53 Å². The quantitative estimate of drug-likeness (QED) is 0.477. The van der Waals surface area contributed by atoms with Gasteiger partial charge in [-0.05, 0) is 31.2 Å². The summed E-state index contributed by atoms with van der Waals surface area (Å²) >= 11 is 1.57. The summed E-state index contributed by atoms with van der Waals surface area (Å²) in [4.78, 5) is 12.3. The predicted octanol–water partition coefficient (Wildman–Crippen LogP) is 3.48. The first kappa shape index (κ1) is 19.0. The standard InChI is InChI=1S/C20H22N4O2S/c1-15(21-19(25)16-9-5-3-6-10-16)18-22-23-20(24(18)2)27-14-13-26-17-11-7-4-8-12-17/h3-12,15H,13-14H2,1-2H3,(H,21,25). The first-order valence-corrected chi connectivity index (χ1v) is 9.69. The van der Waals surface area contributed by atoms with E-state index in [1.165, 1.54) is 0 Å². The molecule has 0 radical (unpaired) electrons. The molecule has 0 saturated carbocycles. The number of para-hydroxylation sites is 1. The van der Waals surface area contributed by atoms with Gasteiger partial charge in [0, 0.05) is 18.4 Å². The van der Waals surface area contributed by atoms with E-state index in [0.717, 1.165) is 16.7 Å². The highest BCUT2D eigenvalue weighted by Gasteiger charge is 2.18. The van der Waals surface area contributed by atoms with Gasteiger partial charge in [-0.1, -0.05) is 48.2 Å². The van der Waals surface area contributed by atoms with Gasteiger partial charge in [0.05, 0.1) is 12.6 Å². The summed E-state index contributed by atoms with van der Waals surface area (Å²) in [6, 6.07) is 18.6. The lowest BCUT2D eigenvalue weighted by Crippen LogP contribution is -2.28. The van der Waals surface area contributed by atoms with E-state index in [0.29, 0.717) is 18.0 Å². The number of rotatable bonds is 8. The first-order chi connectivity index (χ1) is 13.1. The molecule has 27 heavy (non-hydrogen) atoms. The average molecular weight is 382 g/mol. The maximum absolute atomic E-state index is 12.3. The van der Waals surface area contributed by atoms with E-state index >= 15 is 0 Å². The van der Waals surface area contributed by atoms with Crippen molar-refractivity contribution in [2.24, 2.45) is 7.05 Å². The van der Waals surface area contributed by atoms with Crippen molar-refractivity contribution in [3.63, 3.8) is 0 Å². The lowest BCUT2D eigenvalue weighted by molar-refractivity contribution is 0.0937. The van der Waals surface area contributed by atoms with Crippen molar-refractivity contribution in [1.29, 1.82) is 0 Å². The topological polar surface area (TPSA) is 69.0 Å². The third kappa shape index (κ3) is 5.10. The number of hydrogen-bond donors (Lipinski definition) is 1. The summed E-state index contributed by atoms with van der Waals surface area (Å²) in [5.74, 6) is 2.20. The zero-order chi connectivity index (χ0) is 19.1. The molecule has 6 nitrogen and oxygen atoms in total. The summed E-state index contributed by atoms with van der Waals surface area (Å²) < 4.78 is 7.59. The van der Waals surface area contributed by atoms with Crippen LogP contribution in [0.2, 0.25) is 0 Å². The summed E-state index contributed by atoms with van der Waals surface area (Å²) in [5, 5.41) is 12.2. The summed E-state index contributed by atoms with van der Waals surface area (Å²) in [5.41, 5.74) is 0.624. The number of aromatic nitrogens is 3. The molecular weight excluding hydrogens is 360 g/mol. The highest BCUT2D eigenvalue weighted by molar-refractivity contribution is 7.99. The molecule has 0 saturated heterocycles. The van der Waals surface area contributed by atoms with Gasteiger partial charge in [-0.15, -0.1) is 10.2 Å². The predicted molar refractivity (Wildman–Crippen MR) is 106 cm³/mol. The van der Waals surface area contributed by atoms with Crippen molar-refractivity contribution in [2.45, 2.75) is 18.1 Å². The molecule has 7 heteroatoms. The number of amides is 1. The Bertz CT molecular complexity index is 868. The van der Waals surface area contributed by atoms with E-state index in [9.17, 15) is 4.79 Å². The van der Waals surface area contributed by atoms with Gasteiger partial charge in [-0.25, -0.2) is 0 Å². The largest absolute Gasteiger partial charge is 0.493 e. The van der Waals surface area contributed by atoms with Crippen molar-refractivity contribution in [3.8, 4) is 5.75 Å². The highest BCUT2D eigenvalue weighted by atomic mass is 32.2. The molecular formula is C20H22N4O2S. The van der Waals surface area contributed by atoms with Gasteiger partial charge >= 0.3 is 0 Å². The van der Waals surface area contributed by atoms with Gasteiger partial charge in [0.2, 0.25) is 0 Å². The van der Waals surface area contributed by atoms with Crippen LogP contribution in [0.15, 0.2) is 65.8 Å². The van der Waals surface area contributed by atoms with Gasteiger partial charge in [0.25, 0.3) is 5.91 Å². The molecule has 0 aliphatic rings. The van der Waals surface area contributed by atoms with E-state index in [-0.39, 0.29) is 11.9 Å².